The van der Waals surface area contributed by atoms with E-state index in [1.54, 1.807) is 6.07 Å². The lowest BCUT2D eigenvalue weighted by Crippen LogP contribution is -1.95. The number of aromatic hydroxyl groups is 2. The van der Waals surface area contributed by atoms with Gasteiger partial charge in [-0.2, -0.15) is 0 Å². The number of phenolic OH excluding ortho intramolecular Hbond substituents is 2. The molecule has 0 radical (unpaired) electrons. The highest BCUT2D eigenvalue weighted by Crippen LogP contribution is 2.49. The number of phenols is 2. The van der Waals surface area contributed by atoms with Gasteiger partial charge in [0.05, 0.1) is 0 Å². The molecule has 0 heterocycles. The number of rotatable bonds is 14. The third kappa shape index (κ3) is 7.01. The van der Waals surface area contributed by atoms with Crippen molar-refractivity contribution in [2.45, 2.75) is 117 Å². The summed E-state index contributed by atoms with van der Waals surface area (Å²) in [7, 11) is 0. The predicted molar refractivity (Wildman–Crippen MR) is 118 cm³/mol. The fraction of sp³-hybridized carbons (Fsp3) is 0.769. The van der Waals surface area contributed by atoms with E-state index in [0.29, 0.717) is 10.8 Å². The van der Waals surface area contributed by atoms with Crippen molar-refractivity contribution in [2.75, 3.05) is 0 Å². The summed E-state index contributed by atoms with van der Waals surface area (Å²) in [6.07, 6.45) is 20.4. The summed E-state index contributed by atoms with van der Waals surface area (Å²) < 4.78 is 0. The van der Waals surface area contributed by atoms with E-state index in [0.717, 1.165) is 36.8 Å². The van der Waals surface area contributed by atoms with Crippen LogP contribution in [0.5, 0.6) is 11.5 Å². The molecule has 1 aromatic rings. The minimum Gasteiger partial charge on any atom is -0.508 e. The molecule has 0 saturated heterocycles. The van der Waals surface area contributed by atoms with Gasteiger partial charge in [0.1, 0.15) is 11.5 Å². The average Bonchev–Trinajstić information content (AvgIpc) is 3.57. The Labute approximate surface area is 172 Å². The van der Waals surface area contributed by atoms with Crippen LogP contribution >= 0.6 is 0 Å². The molecule has 3 rings (SSSR count). The Kier molecular flexibility index (Phi) is 7.34. The Hall–Kier alpha value is -1.18. The van der Waals surface area contributed by atoms with E-state index in [2.05, 4.69) is 19.9 Å². The molecule has 2 heteroatoms. The first kappa shape index (κ1) is 21.5. The molecule has 0 amide bonds. The third-order valence-corrected chi connectivity index (χ3v) is 7.44. The summed E-state index contributed by atoms with van der Waals surface area (Å²) in [5.41, 5.74) is 3.40. The number of benzene rings is 1. The molecule has 2 nitrogen and oxygen atoms in total. The quantitative estimate of drug-likeness (QED) is 0.322. The molecule has 28 heavy (non-hydrogen) atoms. The van der Waals surface area contributed by atoms with E-state index in [9.17, 15) is 10.2 Å². The van der Waals surface area contributed by atoms with Gasteiger partial charge in [0, 0.05) is 6.07 Å². The van der Waals surface area contributed by atoms with Crippen LogP contribution in [-0.2, 0) is 12.8 Å². The van der Waals surface area contributed by atoms with Crippen LogP contribution < -0.4 is 0 Å². The Morgan fingerprint density at radius 3 is 1.39 bits per heavy atom. The van der Waals surface area contributed by atoms with Crippen LogP contribution in [0.2, 0.25) is 0 Å². The number of aryl methyl sites for hydroxylation is 2. The van der Waals surface area contributed by atoms with Crippen molar-refractivity contribution in [1.82, 2.24) is 0 Å². The Morgan fingerprint density at radius 2 is 1.00 bits per heavy atom. The van der Waals surface area contributed by atoms with Crippen LogP contribution in [0.15, 0.2) is 12.1 Å². The molecule has 0 spiro atoms. The normalized spacial score (nSPS) is 18.9. The summed E-state index contributed by atoms with van der Waals surface area (Å²) in [4.78, 5) is 0. The van der Waals surface area contributed by atoms with Gasteiger partial charge in [-0.3, -0.25) is 0 Å². The van der Waals surface area contributed by atoms with E-state index in [1.165, 1.54) is 77.0 Å². The van der Waals surface area contributed by atoms with Crippen molar-refractivity contribution in [3.63, 3.8) is 0 Å². The summed E-state index contributed by atoms with van der Waals surface area (Å²) in [5, 5.41) is 20.4. The van der Waals surface area contributed by atoms with Crippen LogP contribution in [0.25, 0.3) is 0 Å². The van der Waals surface area contributed by atoms with Crippen LogP contribution in [-0.4, -0.2) is 10.2 Å². The molecule has 1 aromatic carbocycles. The first-order chi connectivity index (χ1) is 13.4. The molecule has 2 N–H and O–H groups in total. The zero-order valence-electron chi connectivity index (χ0n) is 18.4. The van der Waals surface area contributed by atoms with E-state index < -0.39 is 0 Å². The zero-order chi connectivity index (χ0) is 20.0. The van der Waals surface area contributed by atoms with Gasteiger partial charge in [-0.15, -0.1) is 0 Å². The molecule has 0 aliphatic heterocycles. The van der Waals surface area contributed by atoms with E-state index in [4.69, 9.17) is 0 Å². The van der Waals surface area contributed by atoms with Crippen LogP contribution in [0.4, 0.5) is 0 Å². The average molecular weight is 387 g/mol. The van der Waals surface area contributed by atoms with Gasteiger partial charge >= 0.3 is 0 Å². The lowest BCUT2D eigenvalue weighted by Gasteiger charge is -2.11. The molecule has 0 aromatic heterocycles. The Morgan fingerprint density at radius 1 is 0.607 bits per heavy atom. The first-order valence-electron chi connectivity index (χ1n) is 11.9. The SMILES string of the molecule is CC1(CCCCCCc2cc(CCCCCCC3(C)CC3)c(O)cc2O)CC1. The van der Waals surface area contributed by atoms with Crippen molar-refractivity contribution in [3.05, 3.63) is 23.3 Å². The molecule has 2 saturated carbocycles. The predicted octanol–water partition coefficient (Wildman–Crippen LogP) is 7.68. The van der Waals surface area contributed by atoms with Gasteiger partial charge in [0.25, 0.3) is 0 Å². The summed E-state index contributed by atoms with van der Waals surface area (Å²) in [5.74, 6) is 0.536. The minimum atomic E-state index is 0.268. The monoisotopic (exact) mass is 386 g/mol. The number of hydrogen-bond acceptors (Lipinski definition) is 2. The number of hydrogen-bond donors (Lipinski definition) is 2. The summed E-state index contributed by atoms with van der Waals surface area (Å²) in [6, 6.07) is 3.62. The van der Waals surface area contributed by atoms with Crippen molar-refractivity contribution in [1.29, 1.82) is 0 Å². The second-order valence-corrected chi connectivity index (χ2v) is 10.6. The molecule has 2 fully saturated rings. The van der Waals surface area contributed by atoms with Crippen molar-refractivity contribution in [3.8, 4) is 11.5 Å². The first-order valence-corrected chi connectivity index (χ1v) is 11.9. The number of unbranched alkanes of at least 4 members (excludes halogenated alkanes) is 6. The highest BCUT2D eigenvalue weighted by Gasteiger charge is 2.36. The highest BCUT2D eigenvalue weighted by atomic mass is 16.3. The molecular weight excluding hydrogens is 344 g/mol. The molecule has 0 unspecified atom stereocenters. The van der Waals surface area contributed by atoms with Gasteiger partial charge in [-0.25, -0.2) is 0 Å². The van der Waals surface area contributed by atoms with E-state index in [-0.39, 0.29) is 11.5 Å². The molecule has 2 aliphatic rings. The Balaban J connectivity index is 1.32. The van der Waals surface area contributed by atoms with Gasteiger partial charge in [-0.05, 0) is 92.2 Å². The van der Waals surface area contributed by atoms with Crippen molar-refractivity contribution >= 4 is 0 Å². The minimum absolute atomic E-state index is 0.268. The van der Waals surface area contributed by atoms with Crippen LogP contribution in [0, 0.1) is 10.8 Å². The lowest BCUT2D eigenvalue weighted by atomic mass is 9.96. The highest BCUT2D eigenvalue weighted by molar-refractivity contribution is 5.45. The van der Waals surface area contributed by atoms with E-state index in [1.807, 2.05) is 0 Å². The summed E-state index contributed by atoms with van der Waals surface area (Å²) >= 11 is 0. The van der Waals surface area contributed by atoms with Crippen LogP contribution in [0.1, 0.15) is 115 Å². The molecule has 158 valence electrons. The maximum absolute atomic E-state index is 10.2. The molecule has 0 atom stereocenters. The lowest BCUT2D eigenvalue weighted by molar-refractivity contribution is 0.438. The zero-order valence-corrected chi connectivity index (χ0v) is 18.4. The fourth-order valence-corrected chi connectivity index (χ4v) is 4.44. The van der Waals surface area contributed by atoms with Crippen molar-refractivity contribution in [2.24, 2.45) is 10.8 Å². The molecule has 2 aliphatic carbocycles. The second-order valence-electron chi connectivity index (χ2n) is 10.6. The maximum atomic E-state index is 10.2. The topological polar surface area (TPSA) is 40.5 Å². The molecule has 0 bridgehead atoms. The second kappa shape index (κ2) is 9.55. The fourth-order valence-electron chi connectivity index (χ4n) is 4.44. The van der Waals surface area contributed by atoms with Gasteiger partial charge in [0.15, 0.2) is 0 Å². The smallest absolute Gasteiger partial charge is 0.122 e. The standard InChI is InChI=1S/C26H42O2/c1-25(15-16-25)13-9-5-3-7-11-21-19-22(24(28)20-23(21)27)12-8-4-6-10-14-26(2)17-18-26/h19-20,27-28H,3-18H2,1-2H3. The van der Waals surface area contributed by atoms with Gasteiger partial charge in [-0.1, -0.05) is 52.4 Å². The Bertz CT molecular complexity index is 574. The van der Waals surface area contributed by atoms with Gasteiger partial charge in [0.2, 0.25) is 0 Å². The van der Waals surface area contributed by atoms with Crippen LogP contribution in [0.3, 0.4) is 0 Å². The maximum Gasteiger partial charge on any atom is 0.122 e. The van der Waals surface area contributed by atoms with Gasteiger partial charge < -0.3 is 10.2 Å². The van der Waals surface area contributed by atoms with Crippen molar-refractivity contribution < 1.29 is 10.2 Å². The molecular formula is C26H42O2. The third-order valence-electron chi connectivity index (χ3n) is 7.44. The summed E-state index contributed by atoms with van der Waals surface area (Å²) in [6.45, 7) is 4.83. The largest absolute Gasteiger partial charge is 0.508 e. The van der Waals surface area contributed by atoms with E-state index >= 15 is 0 Å².